The van der Waals surface area contributed by atoms with Crippen molar-refractivity contribution in [2.45, 2.75) is 40.8 Å². The molecule has 5 nitrogen and oxygen atoms in total. The first-order valence-electron chi connectivity index (χ1n) is 9.85. The third-order valence-corrected chi connectivity index (χ3v) is 5.70. The van der Waals surface area contributed by atoms with E-state index in [2.05, 4.69) is 13.0 Å². The number of benzene rings is 1. The third kappa shape index (κ3) is 6.98. The second-order valence-electron chi connectivity index (χ2n) is 8.23. The molecule has 1 aromatic heterocycles. The second kappa shape index (κ2) is 10.6. The van der Waals surface area contributed by atoms with Crippen molar-refractivity contribution in [3.63, 3.8) is 0 Å². The molecule has 0 fully saturated rings. The van der Waals surface area contributed by atoms with Crippen LogP contribution < -0.4 is 0 Å². The number of amides is 2. The number of carbonyl (C=O) groups excluding carboxylic acids is 2. The van der Waals surface area contributed by atoms with Crippen LogP contribution in [0.1, 0.15) is 36.8 Å². The summed E-state index contributed by atoms with van der Waals surface area (Å²) in [5.74, 6) is -0.106. The molecule has 6 heteroatoms. The van der Waals surface area contributed by atoms with Gasteiger partial charge in [0.15, 0.2) is 0 Å². The highest BCUT2D eigenvalue weighted by Gasteiger charge is 2.29. The van der Waals surface area contributed by atoms with Crippen molar-refractivity contribution in [1.82, 2.24) is 9.80 Å². The van der Waals surface area contributed by atoms with E-state index >= 15 is 0 Å². The number of aryl methyl sites for hydroxylation is 1. The van der Waals surface area contributed by atoms with Gasteiger partial charge in [-0.3, -0.25) is 9.59 Å². The predicted octanol–water partition coefficient (Wildman–Crippen LogP) is 4.11. The number of methoxy groups -OCH3 is 1. The molecule has 0 aliphatic carbocycles. The smallest absolute Gasteiger partial charge is 0.242 e. The Kier molecular flexibility index (Phi) is 8.41. The van der Waals surface area contributed by atoms with Gasteiger partial charge in [0.2, 0.25) is 11.8 Å². The maximum absolute atomic E-state index is 13.3. The van der Waals surface area contributed by atoms with Gasteiger partial charge in [0, 0.05) is 30.5 Å². The molecule has 0 unspecified atom stereocenters. The summed E-state index contributed by atoms with van der Waals surface area (Å²) >= 11 is 1.65. The van der Waals surface area contributed by atoms with Crippen LogP contribution in [-0.2, 0) is 27.4 Å². The van der Waals surface area contributed by atoms with E-state index in [4.69, 9.17) is 4.74 Å². The van der Waals surface area contributed by atoms with Crippen molar-refractivity contribution >= 4 is 23.2 Å². The van der Waals surface area contributed by atoms with Crippen LogP contribution in [0, 0.1) is 12.3 Å². The largest absolute Gasteiger partial charge is 0.383 e. The first kappa shape index (κ1) is 23.1. The predicted molar refractivity (Wildman–Crippen MR) is 118 cm³/mol. The molecule has 0 aliphatic heterocycles. The Labute approximate surface area is 178 Å². The van der Waals surface area contributed by atoms with Crippen LogP contribution in [0.25, 0.3) is 0 Å². The van der Waals surface area contributed by atoms with Gasteiger partial charge in [-0.2, -0.15) is 0 Å². The van der Waals surface area contributed by atoms with E-state index < -0.39 is 5.41 Å². The van der Waals surface area contributed by atoms with E-state index in [1.165, 1.54) is 10.4 Å². The molecule has 0 saturated heterocycles. The summed E-state index contributed by atoms with van der Waals surface area (Å²) in [7, 11) is 1.60. The lowest BCUT2D eigenvalue weighted by atomic mass is 9.94. The molecule has 0 N–H and O–H groups in total. The lowest BCUT2D eigenvalue weighted by molar-refractivity contribution is -0.146. The fourth-order valence-corrected chi connectivity index (χ4v) is 3.89. The quantitative estimate of drug-likeness (QED) is 0.618. The summed E-state index contributed by atoms with van der Waals surface area (Å²) in [5, 5.41) is 2.05. The van der Waals surface area contributed by atoms with Gasteiger partial charge in [-0.1, -0.05) is 51.1 Å². The topological polar surface area (TPSA) is 49.9 Å². The van der Waals surface area contributed by atoms with Gasteiger partial charge >= 0.3 is 0 Å². The normalized spacial score (nSPS) is 11.3. The molecule has 158 valence electrons. The molecule has 1 heterocycles. The minimum Gasteiger partial charge on any atom is -0.383 e. The molecule has 0 saturated carbocycles. The van der Waals surface area contributed by atoms with Crippen molar-refractivity contribution in [2.75, 3.05) is 26.8 Å². The molecular weight excluding hydrogens is 384 g/mol. The van der Waals surface area contributed by atoms with Gasteiger partial charge in [-0.05, 0) is 29.5 Å². The van der Waals surface area contributed by atoms with Gasteiger partial charge < -0.3 is 14.5 Å². The number of rotatable bonds is 9. The van der Waals surface area contributed by atoms with Crippen molar-refractivity contribution in [2.24, 2.45) is 5.41 Å². The molecule has 0 spiro atoms. The lowest BCUT2D eigenvalue weighted by Gasteiger charge is -2.31. The third-order valence-electron chi connectivity index (χ3n) is 4.69. The number of nitrogens with zero attached hydrogens (tertiary/aromatic N) is 2. The second-order valence-corrected chi connectivity index (χ2v) is 9.23. The Morgan fingerprint density at radius 2 is 1.72 bits per heavy atom. The number of hydrogen-bond acceptors (Lipinski definition) is 4. The Morgan fingerprint density at radius 3 is 2.28 bits per heavy atom. The van der Waals surface area contributed by atoms with Gasteiger partial charge in [-0.25, -0.2) is 0 Å². The summed E-state index contributed by atoms with van der Waals surface area (Å²) in [5.41, 5.74) is 1.70. The zero-order chi connectivity index (χ0) is 21.4. The highest BCUT2D eigenvalue weighted by Crippen LogP contribution is 2.21. The van der Waals surface area contributed by atoms with Gasteiger partial charge in [-0.15, -0.1) is 11.3 Å². The minimum atomic E-state index is -0.553. The Hall–Kier alpha value is -2.18. The number of hydrogen-bond donors (Lipinski definition) is 0. The monoisotopic (exact) mass is 416 g/mol. The van der Waals surface area contributed by atoms with E-state index in [9.17, 15) is 9.59 Å². The molecule has 29 heavy (non-hydrogen) atoms. The van der Waals surface area contributed by atoms with Crippen molar-refractivity contribution in [3.8, 4) is 0 Å². The Bertz CT molecular complexity index is 796. The van der Waals surface area contributed by atoms with Crippen LogP contribution in [0.15, 0.2) is 41.8 Å². The van der Waals surface area contributed by atoms with Gasteiger partial charge in [0.05, 0.1) is 19.7 Å². The first-order chi connectivity index (χ1) is 13.7. The lowest BCUT2D eigenvalue weighted by Crippen LogP contribution is -2.47. The molecule has 2 amide bonds. The van der Waals surface area contributed by atoms with Crippen LogP contribution in [0.4, 0.5) is 0 Å². The van der Waals surface area contributed by atoms with Gasteiger partial charge in [0.25, 0.3) is 0 Å². The van der Waals surface area contributed by atoms with Crippen LogP contribution in [0.5, 0.6) is 0 Å². The number of ether oxygens (including phenoxy) is 1. The zero-order valence-corrected chi connectivity index (χ0v) is 18.9. The Balaban J connectivity index is 2.21. The highest BCUT2D eigenvalue weighted by atomic mass is 32.1. The summed E-state index contributed by atoms with van der Waals surface area (Å²) in [6.45, 7) is 9.58. The van der Waals surface area contributed by atoms with Gasteiger partial charge in [0.1, 0.15) is 0 Å². The summed E-state index contributed by atoms with van der Waals surface area (Å²) in [4.78, 5) is 30.8. The van der Waals surface area contributed by atoms with Crippen LogP contribution >= 0.6 is 11.3 Å². The average molecular weight is 417 g/mol. The van der Waals surface area contributed by atoms with E-state index in [0.717, 1.165) is 5.56 Å². The van der Waals surface area contributed by atoms with Crippen molar-refractivity contribution in [1.29, 1.82) is 0 Å². The molecule has 1 aromatic carbocycles. The highest BCUT2D eigenvalue weighted by molar-refractivity contribution is 7.10. The molecule has 2 aromatic rings. The summed E-state index contributed by atoms with van der Waals surface area (Å²) in [6.07, 6.45) is 0. The van der Waals surface area contributed by atoms with Crippen LogP contribution in [0.3, 0.4) is 0 Å². The fraction of sp³-hybridized carbons (Fsp3) is 0.478. The SMILES string of the molecule is COCCN(CC(=O)N(Cc1ccccc1)Cc1sccc1C)C(=O)C(C)(C)C. The molecule has 0 aliphatic rings. The average Bonchev–Trinajstić information content (AvgIpc) is 3.08. The summed E-state index contributed by atoms with van der Waals surface area (Å²) in [6, 6.07) is 12.0. The molecule has 0 radical (unpaired) electrons. The van der Waals surface area contributed by atoms with Crippen molar-refractivity contribution < 1.29 is 14.3 Å². The first-order valence-corrected chi connectivity index (χ1v) is 10.7. The molecule has 0 atom stereocenters. The standard InChI is InChI=1S/C23H32N2O3S/c1-18-11-14-29-20(18)16-25(15-19-9-7-6-8-10-19)21(26)17-24(12-13-28-5)22(27)23(2,3)4/h6-11,14H,12-13,15-17H2,1-5H3. The number of thiophene rings is 1. The molecule has 0 bridgehead atoms. The van der Waals surface area contributed by atoms with Crippen LogP contribution in [0.2, 0.25) is 0 Å². The van der Waals surface area contributed by atoms with Crippen LogP contribution in [-0.4, -0.2) is 48.4 Å². The maximum atomic E-state index is 13.3. The maximum Gasteiger partial charge on any atom is 0.242 e. The summed E-state index contributed by atoms with van der Waals surface area (Å²) < 4.78 is 5.16. The van der Waals surface area contributed by atoms with Crippen molar-refractivity contribution in [3.05, 3.63) is 57.8 Å². The van der Waals surface area contributed by atoms with E-state index in [0.29, 0.717) is 26.2 Å². The molecular formula is C23H32N2O3S. The minimum absolute atomic E-state index is 0.0464. The molecule has 2 rings (SSSR count). The Morgan fingerprint density at radius 1 is 1.03 bits per heavy atom. The fourth-order valence-electron chi connectivity index (χ4n) is 2.97. The van der Waals surface area contributed by atoms with E-state index in [1.807, 2.05) is 61.4 Å². The van der Waals surface area contributed by atoms with E-state index in [-0.39, 0.29) is 18.4 Å². The zero-order valence-electron chi connectivity index (χ0n) is 18.1. The number of carbonyl (C=O) groups is 2. The van der Waals surface area contributed by atoms with E-state index in [1.54, 1.807) is 23.3 Å².